The van der Waals surface area contributed by atoms with Crippen molar-refractivity contribution in [2.24, 2.45) is 0 Å². The zero-order valence-corrected chi connectivity index (χ0v) is 11.8. The molecule has 0 aromatic rings. The van der Waals surface area contributed by atoms with E-state index in [9.17, 15) is 19.6 Å². The molecule has 2 aliphatic rings. The summed E-state index contributed by atoms with van der Waals surface area (Å²) in [5.74, 6) is -2.17. The number of carbonyl (C=O) groups is 3. The number of carbonyl (C=O) groups excluding carboxylic acids is 3. The highest BCUT2D eigenvalue weighted by Gasteiger charge is 2.36. The number of likely N-dealkylation sites (tertiary alicyclic amines) is 1. The first-order valence-corrected chi connectivity index (χ1v) is 6.51. The SMILES string of the molecule is CC(=C1C(=O)OC(=O)OC1=O)/C(C#N)=C(\C)N1CCCC1. The van der Waals surface area contributed by atoms with Crippen LogP contribution in [0.5, 0.6) is 0 Å². The lowest BCUT2D eigenvalue weighted by Crippen LogP contribution is -2.31. The normalized spacial score (nSPS) is 19.8. The van der Waals surface area contributed by atoms with Crippen molar-refractivity contribution in [3.8, 4) is 6.07 Å². The van der Waals surface area contributed by atoms with E-state index in [1.165, 1.54) is 6.92 Å². The van der Waals surface area contributed by atoms with Gasteiger partial charge in [0.1, 0.15) is 6.07 Å². The third kappa shape index (κ3) is 2.79. The average Bonchev–Trinajstić information content (AvgIpc) is 2.91. The van der Waals surface area contributed by atoms with Crippen molar-refractivity contribution in [1.29, 1.82) is 5.26 Å². The Kier molecular flexibility index (Phi) is 4.08. The average molecular weight is 290 g/mol. The molecule has 0 unspecified atom stereocenters. The van der Waals surface area contributed by atoms with Gasteiger partial charge in [0.05, 0.1) is 5.57 Å². The van der Waals surface area contributed by atoms with Crippen LogP contribution < -0.4 is 0 Å². The van der Waals surface area contributed by atoms with Crippen LogP contribution >= 0.6 is 0 Å². The molecule has 0 atom stereocenters. The predicted octanol–water partition coefficient (Wildman–Crippen LogP) is 1.42. The molecule has 2 heterocycles. The molecule has 0 aromatic carbocycles. The second-order valence-electron chi connectivity index (χ2n) is 4.80. The Morgan fingerprint density at radius 2 is 1.62 bits per heavy atom. The molecular formula is C14H14N2O5. The Balaban J connectivity index is 2.46. The summed E-state index contributed by atoms with van der Waals surface area (Å²) in [7, 11) is 0. The number of nitriles is 1. The Morgan fingerprint density at radius 3 is 2.10 bits per heavy atom. The molecule has 0 N–H and O–H groups in total. The van der Waals surface area contributed by atoms with Crippen molar-refractivity contribution in [1.82, 2.24) is 4.90 Å². The summed E-state index contributed by atoms with van der Waals surface area (Å²) in [6.45, 7) is 4.88. The molecule has 0 aliphatic carbocycles. The van der Waals surface area contributed by atoms with Gasteiger partial charge in [-0.25, -0.2) is 14.4 Å². The zero-order chi connectivity index (χ0) is 15.6. The molecule has 0 amide bonds. The van der Waals surface area contributed by atoms with Crippen molar-refractivity contribution in [2.75, 3.05) is 13.1 Å². The van der Waals surface area contributed by atoms with E-state index in [1.54, 1.807) is 6.92 Å². The molecule has 2 rings (SSSR count). The Labute approximate surface area is 121 Å². The number of esters is 2. The zero-order valence-electron chi connectivity index (χ0n) is 11.8. The van der Waals surface area contributed by atoms with E-state index in [0.29, 0.717) is 5.70 Å². The molecule has 2 fully saturated rings. The summed E-state index contributed by atoms with van der Waals surface area (Å²) in [6, 6.07) is 2.01. The fraction of sp³-hybridized carbons (Fsp3) is 0.429. The Bertz CT molecular complexity index is 596. The fourth-order valence-corrected chi connectivity index (χ4v) is 2.44. The van der Waals surface area contributed by atoms with E-state index >= 15 is 0 Å². The summed E-state index contributed by atoms with van der Waals surface area (Å²) in [4.78, 5) is 36.2. The van der Waals surface area contributed by atoms with Crippen LogP contribution in [0.25, 0.3) is 0 Å². The summed E-state index contributed by atoms with van der Waals surface area (Å²) in [5, 5.41) is 9.34. The molecule has 0 spiro atoms. The van der Waals surface area contributed by atoms with Crippen LogP contribution in [0.2, 0.25) is 0 Å². The van der Waals surface area contributed by atoms with Gasteiger partial charge in [0, 0.05) is 18.8 Å². The highest BCUT2D eigenvalue weighted by molar-refractivity contribution is 6.21. The van der Waals surface area contributed by atoms with E-state index in [0.717, 1.165) is 25.9 Å². The molecule has 2 saturated heterocycles. The minimum atomic E-state index is -1.35. The topological polar surface area (TPSA) is 96.7 Å². The smallest absolute Gasteiger partial charge is 0.374 e. The number of allylic oxidation sites excluding steroid dienone is 3. The number of cyclic esters (lactones) is 4. The molecular weight excluding hydrogens is 276 g/mol. The maximum atomic E-state index is 11.7. The van der Waals surface area contributed by atoms with Gasteiger partial charge >= 0.3 is 18.1 Å². The maximum absolute atomic E-state index is 11.7. The van der Waals surface area contributed by atoms with Crippen molar-refractivity contribution >= 4 is 18.1 Å². The lowest BCUT2D eigenvalue weighted by atomic mass is 10.00. The molecule has 0 bridgehead atoms. The molecule has 0 saturated carbocycles. The van der Waals surface area contributed by atoms with E-state index < -0.39 is 23.7 Å². The van der Waals surface area contributed by atoms with Crippen LogP contribution in [0.15, 0.2) is 22.4 Å². The standard InChI is InChI=1S/C14H14N2O5/c1-8(11-12(17)20-14(19)21-13(11)18)10(7-15)9(2)16-5-3-4-6-16/h3-6H2,1-2H3/b10-9+. The fourth-order valence-electron chi connectivity index (χ4n) is 2.44. The Morgan fingerprint density at radius 1 is 1.10 bits per heavy atom. The highest BCUT2D eigenvalue weighted by atomic mass is 16.8. The van der Waals surface area contributed by atoms with E-state index in [2.05, 4.69) is 9.47 Å². The summed E-state index contributed by atoms with van der Waals surface area (Å²) < 4.78 is 8.53. The highest BCUT2D eigenvalue weighted by Crippen LogP contribution is 2.25. The van der Waals surface area contributed by atoms with Crippen molar-refractivity contribution in [3.63, 3.8) is 0 Å². The monoisotopic (exact) mass is 290 g/mol. The van der Waals surface area contributed by atoms with Gasteiger partial charge in [-0.3, -0.25) is 0 Å². The lowest BCUT2D eigenvalue weighted by Gasteiger charge is -2.21. The molecule has 110 valence electrons. The third-order valence-corrected chi connectivity index (χ3v) is 3.56. The number of hydrogen-bond acceptors (Lipinski definition) is 7. The van der Waals surface area contributed by atoms with Crippen LogP contribution in [-0.4, -0.2) is 36.1 Å². The minimum Gasteiger partial charge on any atom is -0.374 e. The summed E-state index contributed by atoms with van der Waals surface area (Å²) >= 11 is 0. The van der Waals surface area contributed by atoms with Crippen LogP contribution in [0, 0.1) is 11.3 Å². The molecule has 0 radical (unpaired) electrons. The Hall–Kier alpha value is -2.62. The van der Waals surface area contributed by atoms with Crippen molar-refractivity contribution in [2.45, 2.75) is 26.7 Å². The van der Waals surface area contributed by atoms with Gasteiger partial charge in [-0.1, -0.05) is 0 Å². The van der Waals surface area contributed by atoms with Crippen molar-refractivity contribution in [3.05, 3.63) is 22.4 Å². The van der Waals surface area contributed by atoms with Crippen LogP contribution in [-0.2, 0) is 19.1 Å². The number of nitrogens with zero attached hydrogens (tertiary/aromatic N) is 2. The van der Waals surface area contributed by atoms with Gasteiger partial charge in [0.25, 0.3) is 0 Å². The molecule has 7 nitrogen and oxygen atoms in total. The van der Waals surface area contributed by atoms with Gasteiger partial charge in [0.2, 0.25) is 0 Å². The van der Waals surface area contributed by atoms with Crippen LogP contribution in [0.3, 0.4) is 0 Å². The first-order valence-electron chi connectivity index (χ1n) is 6.51. The first kappa shape index (κ1) is 14.8. The third-order valence-electron chi connectivity index (χ3n) is 3.56. The molecule has 0 aromatic heterocycles. The van der Waals surface area contributed by atoms with E-state index in [4.69, 9.17) is 0 Å². The molecule has 7 heteroatoms. The largest absolute Gasteiger partial charge is 0.524 e. The van der Waals surface area contributed by atoms with Gasteiger partial charge in [-0.05, 0) is 32.3 Å². The van der Waals surface area contributed by atoms with Crippen molar-refractivity contribution < 1.29 is 23.9 Å². The van der Waals surface area contributed by atoms with E-state index in [1.807, 2.05) is 11.0 Å². The number of rotatable bonds is 2. The second-order valence-corrected chi connectivity index (χ2v) is 4.80. The quantitative estimate of drug-likeness (QED) is 0.249. The second kappa shape index (κ2) is 5.79. The number of hydrogen-bond donors (Lipinski definition) is 0. The minimum absolute atomic E-state index is 0.157. The maximum Gasteiger partial charge on any atom is 0.524 e. The summed E-state index contributed by atoms with van der Waals surface area (Å²) in [5.41, 5.74) is 0.654. The van der Waals surface area contributed by atoms with Gasteiger partial charge in [-0.2, -0.15) is 5.26 Å². The van der Waals surface area contributed by atoms with Gasteiger partial charge in [0.15, 0.2) is 5.57 Å². The van der Waals surface area contributed by atoms with Gasteiger partial charge < -0.3 is 14.4 Å². The van der Waals surface area contributed by atoms with Gasteiger partial charge in [-0.15, -0.1) is 0 Å². The molecule has 21 heavy (non-hydrogen) atoms. The molecule has 2 aliphatic heterocycles. The first-order chi connectivity index (χ1) is 9.95. The predicted molar refractivity (Wildman–Crippen MR) is 69.4 cm³/mol. The lowest BCUT2D eigenvalue weighted by molar-refractivity contribution is -0.151. The summed E-state index contributed by atoms with van der Waals surface area (Å²) in [6.07, 6.45) is 0.717. The number of ether oxygens (including phenoxy) is 2. The van der Waals surface area contributed by atoms with E-state index in [-0.39, 0.29) is 11.1 Å². The van der Waals surface area contributed by atoms with Crippen LogP contribution in [0.1, 0.15) is 26.7 Å². The van der Waals surface area contributed by atoms with Crippen LogP contribution in [0.4, 0.5) is 4.79 Å².